The molecule has 22 heavy (non-hydrogen) atoms. The van der Waals surface area contributed by atoms with Crippen LogP contribution in [0, 0.1) is 6.92 Å². The molecule has 0 unspecified atom stereocenters. The summed E-state index contributed by atoms with van der Waals surface area (Å²) in [5, 5.41) is 1.74. The Morgan fingerprint density at radius 2 is 2.23 bits per heavy atom. The fourth-order valence-corrected chi connectivity index (χ4v) is 5.02. The van der Waals surface area contributed by atoms with Gasteiger partial charge in [0.2, 0.25) is 0 Å². The number of rotatable bonds is 4. The third-order valence-electron chi connectivity index (χ3n) is 3.37. The summed E-state index contributed by atoms with van der Waals surface area (Å²) in [5.41, 5.74) is -0.476. The fraction of sp³-hybridized carbons (Fsp3) is 0.357. The van der Waals surface area contributed by atoms with Gasteiger partial charge in [0.25, 0.3) is 10.0 Å². The van der Waals surface area contributed by atoms with E-state index >= 15 is 0 Å². The minimum atomic E-state index is -3.45. The van der Waals surface area contributed by atoms with E-state index in [2.05, 4.69) is 0 Å². The second kappa shape index (κ2) is 5.86. The molecule has 3 rings (SSSR count). The van der Waals surface area contributed by atoms with Crippen molar-refractivity contribution in [3.05, 3.63) is 45.8 Å². The van der Waals surface area contributed by atoms with Crippen LogP contribution in [0.4, 0.5) is 0 Å². The first-order valence-electron chi connectivity index (χ1n) is 6.77. The van der Waals surface area contributed by atoms with Crippen LogP contribution >= 0.6 is 11.3 Å². The Bertz CT molecular complexity index is 810. The van der Waals surface area contributed by atoms with Gasteiger partial charge in [-0.2, -0.15) is 4.31 Å². The molecule has 2 aromatic rings. The first kappa shape index (κ1) is 15.3. The lowest BCUT2D eigenvalue weighted by Crippen LogP contribution is -2.30. The first-order valence-corrected chi connectivity index (χ1v) is 9.09. The number of hydrogen-bond donors (Lipinski definition) is 0. The van der Waals surface area contributed by atoms with E-state index in [1.54, 1.807) is 30.5 Å². The van der Waals surface area contributed by atoms with Gasteiger partial charge in [0.05, 0.1) is 12.6 Å². The van der Waals surface area contributed by atoms with Gasteiger partial charge >= 0.3 is 5.63 Å². The van der Waals surface area contributed by atoms with E-state index in [4.69, 9.17) is 9.15 Å². The highest BCUT2D eigenvalue weighted by atomic mass is 32.2. The maximum atomic E-state index is 12.4. The van der Waals surface area contributed by atoms with Gasteiger partial charge in [0.1, 0.15) is 21.8 Å². The van der Waals surface area contributed by atoms with Gasteiger partial charge in [-0.05, 0) is 24.8 Å². The summed E-state index contributed by atoms with van der Waals surface area (Å²) in [6, 6.07) is 6.20. The molecule has 0 aromatic carbocycles. The Hall–Kier alpha value is -1.64. The van der Waals surface area contributed by atoms with Crippen molar-refractivity contribution < 1.29 is 17.6 Å². The average molecular weight is 341 g/mol. The SMILES string of the molecule is Cc1cc(O[C@@H]2CCN(S(=O)(=O)c3cccs3)C2)cc(=O)o1. The van der Waals surface area contributed by atoms with Crippen LogP contribution in [0.15, 0.2) is 43.1 Å². The molecule has 0 saturated carbocycles. The standard InChI is InChI=1S/C14H15NO5S2/c1-10-7-12(8-13(16)19-10)20-11-4-5-15(9-11)22(17,18)14-3-2-6-21-14/h2-3,6-8,11H,4-5,9H2,1H3/t11-/m1/s1. The highest BCUT2D eigenvalue weighted by molar-refractivity contribution is 7.91. The van der Waals surface area contributed by atoms with E-state index in [1.807, 2.05) is 0 Å². The van der Waals surface area contributed by atoms with Crippen LogP contribution in [0.25, 0.3) is 0 Å². The third-order valence-corrected chi connectivity index (χ3v) is 6.61. The molecule has 1 aliphatic heterocycles. The van der Waals surface area contributed by atoms with E-state index < -0.39 is 15.6 Å². The van der Waals surface area contributed by atoms with Crippen molar-refractivity contribution in [2.45, 2.75) is 23.7 Å². The maximum absolute atomic E-state index is 12.4. The van der Waals surface area contributed by atoms with Crippen molar-refractivity contribution in [3.8, 4) is 5.75 Å². The van der Waals surface area contributed by atoms with Crippen LogP contribution in [0.2, 0.25) is 0 Å². The third kappa shape index (κ3) is 3.08. The molecule has 1 saturated heterocycles. The van der Waals surface area contributed by atoms with E-state index in [0.717, 1.165) is 0 Å². The number of thiophene rings is 1. The Morgan fingerprint density at radius 3 is 2.91 bits per heavy atom. The summed E-state index contributed by atoms with van der Waals surface area (Å²) < 4.78 is 37.2. The zero-order chi connectivity index (χ0) is 15.7. The molecule has 6 nitrogen and oxygen atoms in total. The lowest BCUT2D eigenvalue weighted by atomic mass is 10.3. The average Bonchev–Trinajstić information content (AvgIpc) is 3.08. The maximum Gasteiger partial charge on any atom is 0.339 e. The molecule has 1 aliphatic rings. The van der Waals surface area contributed by atoms with E-state index in [9.17, 15) is 13.2 Å². The predicted molar refractivity (Wildman–Crippen MR) is 81.8 cm³/mol. The number of hydrogen-bond acceptors (Lipinski definition) is 6. The van der Waals surface area contributed by atoms with Crippen molar-refractivity contribution in [2.24, 2.45) is 0 Å². The monoisotopic (exact) mass is 341 g/mol. The molecule has 1 fully saturated rings. The number of ether oxygens (including phenoxy) is 1. The predicted octanol–water partition coefficient (Wildman–Crippen LogP) is 1.85. The first-order chi connectivity index (χ1) is 10.4. The number of nitrogens with zero attached hydrogens (tertiary/aromatic N) is 1. The van der Waals surface area contributed by atoms with Crippen molar-refractivity contribution in [3.63, 3.8) is 0 Å². The zero-order valence-electron chi connectivity index (χ0n) is 11.9. The van der Waals surface area contributed by atoms with E-state index in [1.165, 1.54) is 21.7 Å². The van der Waals surface area contributed by atoms with Crippen molar-refractivity contribution >= 4 is 21.4 Å². The number of aryl methyl sites for hydroxylation is 1. The van der Waals surface area contributed by atoms with Crippen LogP contribution < -0.4 is 10.4 Å². The molecule has 0 spiro atoms. The molecule has 8 heteroatoms. The highest BCUT2D eigenvalue weighted by Crippen LogP contribution is 2.26. The van der Waals surface area contributed by atoms with E-state index in [-0.39, 0.29) is 12.6 Å². The number of sulfonamides is 1. The van der Waals surface area contributed by atoms with Crippen LogP contribution in [-0.4, -0.2) is 31.9 Å². The Morgan fingerprint density at radius 1 is 1.41 bits per heavy atom. The Kier molecular flexibility index (Phi) is 4.07. The largest absolute Gasteiger partial charge is 0.489 e. The van der Waals surface area contributed by atoms with E-state index in [0.29, 0.717) is 28.7 Å². The minimum Gasteiger partial charge on any atom is -0.489 e. The molecule has 3 heterocycles. The second-order valence-corrected chi connectivity index (χ2v) is 8.16. The van der Waals surface area contributed by atoms with Crippen LogP contribution in [0.1, 0.15) is 12.2 Å². The van der Waals surface area contributed by atoms with Gasteiger partial charge in [0.15, 0.2) is 0 Å². The lowest BCUT2D eigenvalue weighted by molar-refractivity contribution is 0.213. The summed E-state index contributed by atoms with van der Waals surface area (Å²) in [5.74, 6) is 0.873. The summed E-state index contributed by atoms with van der Waals surface area (Å²) in [6.07, 6.45) is 0.320. The van der Waals surface area contributed by atoms with Crippen LogP contribution in [0.5, 0.6) is 5.75 Å². The van der Waals surface area contributed by atoms with Gasteiger partial charge in [-0.25, -0.2) is 13.2 Å². The normalized spacial score (nSPS) is 19.4. The quantitative estimate of drug-likeness (QED) is 0.848. The second-order valence-electron chi connectivity index (χ2n) is 5.05. The minimum absolute atomic E-state index is 0.268. The Balaban J connectivity index is 1.71. The Labute approximate surface area is 132 Å². The molecule has 0 N–H and O–H groups in total. The topological polar surface area (TPSA) is 76.8 Å². The molecular formula is C14H15NO5S2. The zero-order valence-corrected chi connectivity index (χ0v) is 13.5. The van der Waals surface area contributed by atoms with Crippen molar-refractivity contribution in [2.75, 3.05) is 13.1 Å². The summed E-state index contributed by atoms with van der Waals surface area (Å²) in [4.78, 5) is 11.3. The highest BCUT2D eigenvalue weighted by Gasteiger charge is 2.34. The lowest BCUT2D eigenvalue weighted by Gasteiger charge is -2.16. The van der Waals surface area contributed by atoms with Crippen LogP contribution in [-0.2, 0) is 10.0 Å². The summed E-state index contributed by atoms with van der Waals surface area (Å²) in [7, 11) is -3.45. The van der Waals surface area contributed by atoms with Gasteiger partial charge in [-0.15, -0.1) is 11.3 Å². The molecule has 0 radical (unpaired) electrons. The summed E-state index contributed by atoms with van der Waals surface area (Å²) in [6.45, 7) is 2.35. The molecule has 118 valence electrons. The fourth-order valence-electron chi connectivity index (χ4n) is 2.39. The van der Waals surface area contributed by atoms with Crippen molar-refractivity contribution in [1.29, 1.82) is 0 Å². The van der Waals surface area contributed by atoms with Gasteiger partial charge in [0, 0.05) is 12.6 Å². The van der Waals surface area contributed by atoms with Gasteiger partial charge < -0.3 is 9.15 Å². The molecule has 0 bridgehead atoms. The van der Waals surface area contributed by atoms with Gasteiger partial charge in [-0.1, -0.05) is 6.07 Å². The molecule has 2 aromatic heterocycles. The van der Waals surface area contributed by atoms with Crippen molar-refractivity contribution in [1.82, 2.24) is 4.31 Å². The van der Waals surface area contributed by atoms with Gasteiger partial charge in [-0.3, -0.25) is 0 Å². The molecular weight excluding hydrogens is 326 g/mol. The smallest absolute Gasteiger partial charge is 0.339 e. The summed E-state index contributed by atoms with van der Waals surface area (Å²) >= 11 is 1.20. The van der Waals surface area contributed by atoms with Crippen LogP contribution in [0.3, 0.4) is 0 Å². The molecule has 0 aliphatic carbocycles. The molecule has 1 atom stereocenters. The molecule has 0 amide bonds.